The number of benzene rings is 6. The van der Waals surface area contributed by atoms with Crippen molar-refractivity contribution in [1.29, 1.82) is 0 Å². The van der Waals surface area contributed by atoms with E-state index in [1.54, 1.807) is 149 Å². The number of thioether (sulfide) groups is 1. The minimum Gasteiger partial charge on any atom is -0.508 e. The number of H-pyrrole nitrogens is 1. The number of phenolic OH excluding ortho intramolecular Hbond substituents is 2. The number of nitrogens with zero attached hydrogens (tertiary/aromatic N) is 5. The average Bonchev–Trinajstić information content (AvgIpc) is 1.53. The van der Waals surface area contributed by atoms with Gasteiger partial charge in [-0.25, -0.2) is 0 Å². The number of aromatic nitrogens is 1. The van der Waals surface area contributed by atoms with E-state index in [2.05, 4.69) is 52.8 Å². The molecule has 6 aromatic carbocycles. The molecule has 0 radical (unpaired) electrons. The van der Waals surface area contributed by atoms with Gasteiger partial charge in [0.15, 0.2) is 0 Å². The molecule has 4 heterocycles. The second-order valence-electron chi connectivity index (χ2n) is 34.9. The van der Waals surface area contributed by atoms with Crippen LogP contribution in [0.25, 0.3) is 10.9 Å². The van der Waals surface area contributed by atoms with E-state index in [0.29, 0.717) is 57.1 Å². The number of fused-ring (bicyclic) bond motifs is 3. The van der Waals surface area contributed by atoms with Crippen LogP contribution in [0.5, 0.6) is 11.5 Å². The highest BCUT2D eigenvalue weighted by atomic mass is 32.2. The number of nitrogens with two attached hydrogens (primary N) is 1. The maximum absolute atomic E-state index is 15.8. The van der Waals surface area contributed by atoms with Crippen molar-refractivity contribution in [2.45, 2.75) is 209 Å². The van der Waals surface area contributed by atoms with E-state index in [9.17, 15) is 44.1 Å². The summed E-state index contributed by atoms with van der Waals surface area (Å²) in [5.41, 5.74) is 9.25. The number of aliphatic carboxylic acids is 1. The van der Waals surface area contributed by atoms with E-state index in [4.69, 9.17) is 5.73 Å². The van der Waals surface area contributed by atoms with E-state index in [0.717, 1.165) is 16.7 Å². The quantitative estimate of drug-likeness (QED) is 0.0436. The molecule has 1 aromatic heterocycles. The lowest BCUT2D eigenvalue weighted by Crippen LogP contribution is -2.62. The van der Waals surface area contributed by atoms with Crippen molar-refractivity contribution < 1.29 is 92.0 Å². The Morgan fingerprint density at radius 3 is 1.46 bits per heavy atom. The van der Waals surface area contributed by atoms with E-state index < -0.39 is 198 Å². The Morgan fingerprint density at radius 2 is 0.917 bits per heavy atom. The predicted molar refractivity (Wildman–Crippen MR) is 496 cm³/mol. The van der Waals surface area contributed by atoms with Crippen molar-refractivity contribution in [2.75, 3.05) is 52.3 Å². The van der Waals surface area contributed by atoms with Crippen molar-refractivity contribution in [3.8, 4) is 11.5 Å². The number of carbonyl (C=O) groups is 16. The summed E-state index contributed by atoms with van der Waals surface area (Å²) in [6, 6.07) is 25.2. The molecule has 0 saturated carbocycles. The molecule has 133 heavy (non-hydrogen) atoms. The fourth-order valence-electron chi connectivity index (χ4n) is 16.9. The first kappa shape index (κ1) is 101. The number of amides is 15. The lowest BCUT2D eigenvalue weighted by molar-refractivity contribution is -0.152. The Labute approximate surface area is 776 Å². The van der Waals surface area contributed by atoms with Gasteiger partial charge in [-0.1, -0.05) is 181 Å². The first-order valence-corrected chi connectivity index (χ1v) is 46.1. The van der Waals surface area contributed by atoms with Gasteiger partial charge in [0.1, 0.15) is 90.0 Å². The molecular weight excluding hydrogens is 1730 g/mol. The zero-order valence-electron chi connectivity index (χ0n) is 76.1. The van der Waals surface area contributed by atoms with Crippen LogP contribution in [-0.2, 0) is 115 Å². The molecule has 0 unspecified atom stereocenters. The fraction of sp³-hybridized carbons (Fsp3) is 0.443. The Bertz CT molecular complexity index is 5260. The summed E-state index contributed by atoms with van der Waals surface area (Å²) in [6.07, 6.45) is 0.840. The number of hydrogen-bond acceptors (Lipinski definition) is 19. The number of primary amides is 1. The predicted octanol–water partition coefficient (Wildman–Crippen LogP) is 3.39. The lowest BCUT2D eigenvalue weighted by Gasteiger charge is -2.38. The fourth-order valence-corrected chi connectivity index (χ4v) is 17.8. The number of aromatic hydroxyl groups is 2. The normalized spacial score (nSPS) is 23.5. The Morgan fingerprint density at radius 1 is 0.466 bits per heavy atom. The van der Waals surface area contributed by atoms with Gasteiger partial charge in [-0.3, -0.25) is 76.7 Å². The number of carboxylic acid groups (broad SMARTS) is 1. The SMILES string of the molecule is CCCC[C@H]1C(=O)N2CCC[C@@H]2C(=O)N[C@@H](CC(=O)O)C(=O)N[C@@H](C(C)C)C(=O)N(C)[C@@H](Cc2ccccc2)C(=O)N[C@@H](Cc2ccc(O)cc2)C(=O)N2CCC[C@@H]2C(=O)N[C@@H](Cc2c[nH]c3ccccc23)C(=O)N[C@@H](Cc2ccc(O)cc2)C(=O)N[C@@H](CC(C)C)C(=O)N[C@H](C(=O)NCC(N)=O)CSCC(=O)N[C@@H](Cc2ccccc2)C(=O)N(C)[C@@H](Cc2ccccc2)C(=O)N1C. The first-order chi connectivity index (χ1) is 63.5. The minimum atomic E-state index is -1.89. The van der Waals surface area contributed by atoms with Gasteiger partial charge in [0.25, 0.3) is 0 Å². The van der Waals surface area contributed by atoms with Gasteiger partial charge in [-0.2, -0.15) is 0 Å². The summed E-state index contributed by atoms with van der Waals surface area (Å²) in [7, 11) is 4.11. The Kier molecular flexibility index (Phi) is 37.0. The molecule has 3 fully saturated rings. The van der Waals surface area contributed by atoms with Gasteiger partial charge < -0.3 is 98.4 Å². The molecule has 0 bridgehead atoms. The highest BCUT2D eigenvalue weighted by Crippen LogP contribution is 2.29. The molecule has 3 aliphatic heterocycles. The molecule has 710 valence electrons. The summed E-state index contributed by atoms with van der Waals surface area (Å²) in [5.74, 6) is -16.8. The van der Waals surface area contributed by atoms with Crippen molar-refractivity contribution in [1.82, 2.24) is 77.3 Å². The minimum absolute atomic E-state index is 0.0194. The average molecular weight is 1850 g/mol. The molecule has 0 aliphatic carbocycles. The van der Waals surface area contributed by atoms with Crippen LogP contribution in [0, 0.1) is 11.8 Å². The zero-order chi connectivity index (χ0) is 96.3. The topological polar surface area (TPSA) is 500 Å². The van der Waals surface area contributed by atoms with Gasteiger partial charge in [0.05, 0.1) is 18.7 Å². The number of carbonyl (C=O) groups excluding carboxylic acids is 15. The second kappa shape index (κ2) is 48.5. The number of nitrogens with one attached hydrogen (secondary N) is 10. The highest BCUT2D eigenvalue weighted by molar-refractivity contribution is 8.00. The molecule has 7 aromatic rings. The van der Waals surface area contributed by atoms with Crippen molar-refractivity contribution >= 4 is 117 Å². The molecule has 35 nitrogen and oxygen atoms in total. The van der Waals surface area contributed by atoms with Crippen molar-refractivity contribution in [3.63, 3.8) is 0 Å². The number of rotatable bonds is 23. The van der Waals surface area contributed by atoms with Crippen molar-refractivity contribution in [3.05, 3.63) is 203 Å². The number of phenols is 2. The summed E-state index contributed by atoms with van der Waals surface area (Å²) in [6.45, 7) is 7.81. The number of likely N-dealkylation sites (N-methyl/N-ethyl adjacent to an activating group) is 3. The molecule has 36 heteroatoms. The number of aromatic amines is 1. The van der Waals surface area contributed by atoms with Crippen LogP contribution in [0.2, 0.25) is 0 Å². The van der Waals surface area contributed by atoms with E-state index in [-0.39, 0.29) is 113 Å². The first-order valence-electron chi connectivity index (χ1n) is 45.0. The molecule has 15 amide bonds. The van der Waals surface area contributed by atoms with Crippen LogP contribution in [-0.4, -0.2) is 270 Å². The number of hydrogen-bond donors (Lipinski definition) is 14. The summed E-state index contributed by atoms with van der Waals surface area (Å²) in [5, 5.41) is 56.6. The Balaban J connectivity index is 1.05. The van der Waals surface area contributed by atoms with Gasteiger partial charge in [0, 0.05) is 95.6 Å². The molecular formula is C97H122N16O19S. The van der Waals surface area contributed by atoms with Crippen LogP contribution in [0.15, 0.2) is 170 Å². The van der Waals surface area contributed by atoms with Gasteiger partial charge in [-0.15, -0.1) is 11.8 Å². The van der Waals surface area contributed by atoms with Crippen LogP contribution in [0.1, 0.15) is 126 Å². The molecule has 3 saturated heterocycles. The zero-order valence-corrected chi connectivity index (χ0v) is 76.9. The van der Waals surface area contributed by atoms with Gasteiger partial charge >= 0.3 is 5.97 Å². The third-order valence-electron chi connectivity index (χ3n) is 24.2. The van der Waals surface area contributed by atoms with E-state index in [1.165, 1.54) is 89.3 Å². The molecule has 13 atom stereocenters. The summed E-state index contributed by atoms with van der Waals surface area (Å²) in [4.78, 5) is 248. The number of carboxylic acids is 1. The molecule has 15 N–H and O–H groups in total. The molecule has 10 rings (SSSR count). The summed E-state index contributed by atoms with van der Waals surface area (Å²) < 4.78 is 0. The highest BCUT2D eigenvalue weighted by Gasteiger charge is 2.46. The van der Waals surface area contributed by atoms with Crippen LogP contribution >= 0.6 is 11.8 Å². The summed E-state index contributed by atoms with van der Waals surface area (Å²) >= 11 is 0.840. The van der Waals surface area contributed by atoms with Crippen molar-refractivity contribution in [2.24, 2.45) is 17.6 Å². The smallest absolute Gasteiger partial charge is 0.305 e. The third-order valence-corrected chi connectivity index (χ3v) is 25.2. The van der Waals surface area contributed by atoms with E-state index in [1.807, 2.05) is 6.92 Å². The lowest BCUT2D eigenvalue weighted by atomic mass is 9.98. The largest absolute Gasteiger partial charge is 0.508 e. The molecule has 0 spiro atoms. The second-order valence-corrected chi connectivity index (χ2v) is 36.0. The maximum Gasteiger partial charge on any atom is 0.305 e. The van der Waals surface area contributed by atoms with Crippen LogP contribution < -0.4 is 53.6 Å². The van der Waals surface area contributed by atoms with Gasteiger partial charge in [0.2, 0.25) is 88.6 Å². The Hall–Kier alpha value is -13.7. The monoisotopic (exact) mass is 1850 g/mol. The maximum atomic E-state index is 15.8. The van der Waals surface area contributed by atoms with Crippen LogP contribution in [0.3, 0.4) is 0 Å². The van der Waals surface area contributed by atoms with Gasteiger partial charge in [-0.05, 0) is 114 Å². The van der Waals surface area contributed by atoms with Crippen LogP contribution in [0.4, 0.5) is 0 Å². The van der Waals surface area contributed by atoms with E-state index >= 15 is 47.9 Å². The molecule has 3 aliphatic rings. The number of para-hydroxylation sites is 1. The third kappa shape index (κ3) is 28.4. The standard InChI is InChI=1S/C97H122N16O19S/c1-9-10-32-78-96(131)113-44-23-34-77(113)91(126)105-72(52-83(118)119)89(124)108-84(58(4)5)97(132)110(7)79(49-60-26-16-12-17-27-60)92(127)106-74(48-63-37-41-66(115)42-38-63)94(129)112-43-22-33-76(112)90(125)104-71(51-64-53-99-68-31-21-20-30-67(64)68)88(123)103-70(46-62-35-39-65(114)40-36-62)87(122)102-69(45-57(2)3)86(121)107-75(85(120)100-54-81(98)116)55-133-56-82(117)101-73(47-59-24-14-11-15-25-59)93(128)111(8)80(95(130)109(78)6)50-61-28-18-13-19-29-61/h11-21,24-31,35-42,53,57-58,69-80,84,99,114-115H,9-10,22-23,32-34,43-52,54-56H2,1-8H3,(H2,98,116)(H,100,120)(H,101,117)(H,102,122)(H,103,123)(H,104,125)(H,105,126)(H,106,127)(H,107,121)(H,108,124)(H,118,119)/t69-,70-,71-,72-,73-,74-,75-,76+,77+,78-,79-,80-,84-/m0/s1. The number of unbranched alkanes of at least 4 members (excludes halogenated alkanes) is 1.